The Morgan fingerprint density at radius 1 is 0.914 bits per heavy atom. The van der Waals surface area contributed by atoms with Crippen LogP contribution in [-0.4, -0.2) is 59.8 Å². The van der Waals surface area contributed by atoms with Gasteiger partial charge in [-0.05, 0) is 51.0 Å². The molecule has 0 bridgehead atoms. The summed E-state index contributed by atoms with van der Waals surface area (Å²) in [5.41, 5.74) is 2.00. The van der Waals surface area contributed by atoms with E-state index in [0.717, 1.165) is 28.1 Å². The lowest BCUT2D eigenvalue weighted by Gasteiger charge is -2.37. The van der Waals surface area contributed by atoms with E-state index >= 15 is 0 Å². The maximum absolute atomic E-state index is 13.1. The molecule has 1 atom stereocenters. The second kappa shape index (κ2) is 10.2. The molecule has 5 rings (SSSR count). The largest absolute Gasteiger partial charge is 0.367 e. The number of rotatable bonds is 6. The van der Waals surface area contributed by atoms with Crippen LogP contribution in [0.5, 0.6) is 0 Å². The van der Waals surface area contributed by atoms with Crippen LogP contribution in [0.15, 0.2) is 53.4 Å². The van der Waals surface area contributed by atoms with Crippen molar-refractivity contribution in [1.82, 2.24) is 19.2 Å². The van der Waals surface area contributed by atoms with E-state index in [4.69, 9.17) is 9.97 Å². The van der Waals surface area contributed by atoms with E-state index in [1.54, 1.807) is 16.4 Å². The molecule has 2 fully saturated rings. The lowest BCUT2D eigenvalue weighted by molar-refractivity contribution is 0.141. The normalized spacial score (nSPS) is 19.6. The van der Waals surface area contributed by atoms with Crippen LogP contribution in [0, 0.1) is 6.92 Å². The van der Waals surface area contributed by atoms with E-state index in [0.29, 0.717) is 37.1 Å². The second-order valence-electron chi connectivity index (χ2n) is 9.86. The van der Waals surface area contributed by atoms with E-state index in [1.807, 2.05) is 37.3 Å². The summed E-state index contributed by atoms with van der Waals surface area (Å²) in [5, 5.41) is 4.77. The fourth-order valence-corrected chi connectivity index (χ4v) is 6.61. The van der Waals surface area contributed by atoms with Crippen LogP contribution in [0.1, 0.15) is 56.5 Å². The molecule has 1 aliphatic carbocycles. The molecule has 8 heteroatoms. The van der Waals surface area contributed by atoms with Gasteiger partial charge in [0, 0.05) is 37.6 Å². The second-order valence-corrected chi connectivity index (χ2v) is 11.8. The summed E-state index contributed by atoms with van der Waals surface area (Å²) in [4.78, 5) is 12.6. The van der Waals surface area contributed by atoms with Gasteiger partial charge in [0.2, 0.25) is 10.0 Å². The quantitative estimate of drug-likeness (QED) is 0.534. The number of aryl methyl sites for hydroxylation is 1. The molecule has 0 spiro atoms. The summed E-state index contributed by atoms with van der Waals surface area (Å²) in [6.45, 7) is 6.30. The Kier molecular flexibility index (Phi) is 7.05. The van der Waals surface area contributed by atoms with Crippen molar-refractivity contribution in [3.63, 3.8) is 0 Å². The molecule has 186 valence electrons. The van der Waals surface area contributed by atoms with Crippen LogP contribution in [0.4, 0.5) is 5.82 Å². The fourth-order valence-electron chi connectivity index (χ4n) is 5.19. The number of hydrogen-bond acceptors (Lipinski definition) is 6. The Morgan fingerprint density at radius 3 is 2.31 bits per heavy atom. The first-order valence-corrected chi connectivity index (χ1v) is 14.2. The predicted octanol–water partition coefficient (Wildman–Crippen LogP) is 4.75. The number of nitrogens with one attached hydrogen (secondary N) is 1. The summed E-state index contributed by atoms with van der Waals surface area (Å²) in [5.74, 6) is 1.71. The van der Waals surface area contributed by atoms with Crippen molar-refractivity contribution in [2.24, 2.45) is 0 Å². The van der Waals surface area contributed by atoms with E-state index in [9.17, 15) is 8.42 Å². The van der Waals surface area contributed by atoms with Gasteiger partial charge in [0.1, 0.15) is 11.6 Å². The minimum atomic E-state index is -3.48. The van der Waals surface area contributed by atoms with Crippen molar-refractivity contribution in [3.8, 4) is 0 Å². The maximum atomic E-state index is 13.1. The molecule has 35 heavy (non-hydrogen) atoms. The van der Waals surface area contributed by atoms with Crippen molar-refractivity contribution in [3.05, 3.63) is 59.9 Å². The Hall–Kier alpha value is -2.55. The van der Waals surface area contributed by atoms with E-state index < -0.39 is 10.0 Å². The Balaban J connectivity index is 1.32. The SMILES string of the molecule is Cc1ccc(S(=O)(=O)N2CCN([C@@H](C)c3nc(NC4CCCCC4)c4ccccc4n3)CC2)cc1. The zero-order valence-corrected chi connectivity index (χ0v) is 21.5. The van der Waals surface area contributed by atoms with E-state index in [2.05, 4.69) is 23.2 Å². The van der Waals surface area contributed by atoms with Gasteiger partial charge in [-0.15, -0.1) is 0 Å². The monoisotopic (exact) mass is 493 g/mol. The molecular weight excluding hydrogens is 458 g/mol. The lowest BCUT2D eigenvalue weighted by atomic mass is 9.95. The average molecular weight is 494 g/mol. The molecule has 3 aromatic rings. The third kappa shape index (κ3) is 5.20. The topological polar surface area (TPSA) is 78.4 Å². The summed E-state index contributed by atoms with van der Waals surface area (Å²) < 4.78 is 27.8. The zero-order chi connectivity index (χ0) is 24.4. The third-order valence-electron chi connectivity index (χ3n) is 7.42. The summed E-state index contributed by atoms with van der Waals surface area (Å²) in [6.07, 6.45) is 6.21. The van der Waals surface area contributed by atoms with Gasteiger partial charge in [0.15, 0.2) is 0 Å². The smallest absolute Gasteiger partial charge is 0.243 e. The third-order valence-corrected chi connectivity index (χ3v) is 9.33. The molecule has 1 saturated carbocycles. The highest BCUT2D eigenvalue weighted by Gasteiger charge is 2.31. The highest BCUT2D eigenvalue weighted by Crippen LogP contribution is 2.29. The lowest BCUT2D eigenvalue weighted by Crippen LogP contribution is -2.49. The van der Waals surface area contributed by atoms with Gasteiger partial charge in [0.25, 0.3) is 0 Å². The first-order valence-electron chi connectivity index (χ1n) is 12.8. The predicted molar refractivity (Wildman–Crippen MR) is 140 cm³/mol. The van der Waals surface area contributed by atoms with Crippen molar-refractivity contribution in [1.29, 1.82) is 0 Å². The van der Waals surface area contributed by atoms with Crippen LogP contribution >= 0.6 is 0 Å². The number of hydrogen-bond donors (Lipinski definition) is 1. The van der Waals surface area contributed by atoms with Gasteiger partial charge in [-0.25, -0.2) is 18.4 Å². The van der Waals surface area contributed by atoms with Crippen molar-refractivity contribution in [2.75, 3.05) is 31.5 Å². The minimum absolute atomic E-state index is 0.00394. The van der Waals surface area contributed by atoms with Gasteiger partial charge in [-0.1, -0.05) is 49.1 Å². The molecule has 2 aromatic carbocycles. The van der Waals surface area contributed by atoms with Crippen LogP contribution in [0.2, 0.25) is 0 Å². The Labute approximate surface area is 208 Å². The number of fused-ring (bicyclic) bond motifs is 1. The maximum Gasteiger partial charge on any atom is 0.243 e. The van der Waals surface area contributed by atoms with Gasteiger partial charge >= 0.3 is 0 Å². The average Bonchev–Trinajstić information content (AvgIpc) is 2.89. The van der Waals surface area contributed by atoms with Crippen molar-refractivity contribution >= 4 is 26.7 Å². The number of para-hydroxylation sites is 1. The standard InChI is InChI=1S/C27H35N5O2S/c1-20-12-14-23(15-13-20)35(33,34)32-18-16-31(17-19-32)21(2)26-29-25-11-7-6-10-24(25)27(30-26)28-22-8-4-3-5-9-22/h6-7,10-15,21-22H,3-5,8-9,16-19H2,1-2H3,(H,28,29,30)/t21-/m0/s1. The summed E-state index contributed by atoms with van der Waals surface area (Å²) in [6, 6.07) is 15.7. The number of anilines is 1. The number of sulfonamides is 1. The molecule has 1 aromatic heterocycles. The Morgan fingerprint density at radius 2 is 1.60 bits per heavy atom. The molecular formula is C27H35N5O2S. The molecule has 0 unspecified atom stereocenters. The first-order chi connectivity index (χ1) is 16.9. The molecule has 2 heterocycles. The van der Waals surface area contributed by atoms with Crippen LogP contribution in [0.25, 0.3) is 10.9 Å². The molecule has 1 aliphatic heterocycles. The fraction of sp³-hybridized carbons (Fsp3) is 0.481. The number of nitrogens with zero attached hydrogens (tertiary/aromatic N) is 4. The molecule has 0 radical (unpaired) electrons. The van der Waals surface area contributed by atoms with Gasteiger partial charge in [-0.2, -0.15) is 4.31 Å². The van der Waals surface area contributed by atoms with Gasteiger partial charge in [-0.3, -0.25) is 4.90 Å². The summed E-state index contributed by atoms with van der Waals surface area (Å²) >= 11 is 0. The summed E-state index contributed by atoms with van der Waals surface area (Å²) in [7, 11) is -3.48. The Bertz CT molecular complexity index is 1260. The molecule has 1 N–H and O–H groups in total. The van der Waals surface area contributed by atoms with Crippen LogP contribution in [-0.2, 0) is 10.0 Å². The van der Waals surface area contributed by atoms with E-state index in [1.165, 1.54) is 32.1 Å². The highest BCUT2D eigenvalue weighted by molar-refractivity contribution is 7.89. The first kappa shape index (κ1) is 24.2. The van der Waals surface area contributed by atoms with Gasteiger partial charge < -0.3 is 5.32 Å². The minimum Gasteiger partial charge on any atom is -0.367 e. The molecule has 2 aliphatic rings. The molecule has 0 amide bonds. The van der Waals surface area contributed by atoms with Crippen molar-refractivity contribution < 1.29 is 8.42 Å². The number of aromatic nitrogens is 2. The van der Waals surface area contributed by atoms with Crippen LogP contribution < -0.4 is 5.32 Å². The van der Waals surface area contributed by atoms with Crippen LogP contribution in [0.3, 0.4) is 0 Å². The number of benzene rings is 2. The highest BCUT2D eigenvalue weighted by atomic mass is 32.2. The van der Waals surface area contributed by atoms with Crippen molar-refractivity contribution in [2.45, 2.75) is 62.9 Å². The zero-order valence-electron chi connectivity index (χ0n) is 20.7. The van der Waals surface area contributed by atoms with E-state index in [-0.39, 0.29) is 6.04 Å². The molecule has 7 nitrogen and oxygen atoms in total. The number of piperazine rings is 1. The molecule has 1 saturated heterocycles. The van der Waals surface area contributed by atoms with Gasteiger partial charge in [0.05, 0.1) is 16.5 Å².